The third-order valence-electron chi connectivity index (χ3n) is 6.42. The zero-order chi connectivity index (χ0) is 28.8. The summed E-state index contributed by atoms with van der Waals surface area (Å²) in [7, 11) is 0. The Hall–Kier alpha value is -3.26. The van der Waals surface area contributed by atoms with Crippen molar-refractivity contribution in [3.8, 4) is 0 Å². The summed E-state index contributed by atoms with van der Waals surface area (Å²) in [6, 6.07) is 5.14. The van der Waals surface area contributed by atoms with E-state index in [0.717, 1.165) is 5.56 Å². The summed E-state index contributed by atoms with van der Waals surface area (Å²) in [5.74, 6) is -4.96. The Kier molecular flexibility index (Phi) is 13.6. The Labute approximate surface area is 231 Å². The molecule has 0 radical (unpaired) electrons. The molecule has 0 aromatic heterocycles. The van der Waals surface area contributed by atoms with Crippen LogP contribution in [-0.2, 0) is 25.6 Å². The average molecular weight is 566 g/mol. The third kappa shape index (κ3) is 12.4. The summed E-state index contributed by atoms with van der Waals surface area (Å²) in [6.07, 6.45) is 1.79. The topological polar surface area (TPSA) is 183 Å². The Morgan fingerprint density at radius 2 is 1.33 bits per heavy atom. The number of aliphatic carboxylic acids is 4. The van der Waals surface area contributed by atoms with Crippen LogP contribution in [0.5, 0.6) is 0 Å². The number of aliphatic imine (C=N–C) groups is 1. The maximum absolute atomic E-state index is 11.6. The van der Waals surface area contributed by atoms with Crippen molar-refractivity contribution in [2.75, 3.05) is 58.9 Å². The predicted molar refractivity (Wildman–Crippen MR) is 145 cm³/mol. The van der Waals surface area contributed by atoms with Crippen LogP contribution in [0.25, 0.3) is 0 Å². The van der Waals surface area contributed by atoms with Crippen molar-refractivity contribution in [2.45, 2.75) is 31.3 Å². The molecule has 1 aliphatic rings. The normalized spacial score (nSPS) is 16.4. The number of nitrogens with zero attached hydrogens (tertiary/aromatic N) is 4. The first-order chi connectivity index (χ1) is 18.6. The van der Waals surface area contributed by atoms with E-state index < -0.39 is 36.0 Å². The Morgan fingerprint density at radius 3 is 1.77 bits per heavy atom. The number of carboxylic acids is 4. The molecule has 1 heterocycles. The molecule has 0 bridgehead atoms. The number of thiocarbonyl (C=S) groups is 1. The van der Waals surface area contributed by atoms with Gasteiger partial charge in [-0.25, -0.2) is 9.59 Å². The van der Waals surface area contributed by atoms with Gasteiger partial charge in [-0.2, -0.15) is 4.99 Å². The number of rotatable bonds is 15. The van der Waals surface area contributed by atoms with Crippen LogP contribution in [0.1, 0.15) is 18.4 Å². The van der Waals surface area contributed by atoms with Crippen molar-refractivity contribution in [1.82, 2.24) is 20.0 Å². The molecular formula is C25H35N5O8S. The van der Waals surface area contributed by atoms with E-state index in [1.807, 2.05) is 29.2 Å². The first kappa shape index (κ1) is 32.0. The maximum Gasteiger partial charge on any atom is 0.332 e. The third-order valence-corrected chi connectivity index (χ3v) is 6.51. The van der Waals surface area contributed by atoms with E-state index in [0.29, 0.717) is 70.8 Å². The fourth-order valence-electron chi connectivity index (χ4n) is 4.43. The lowest BCUT2D eigenvalue weighted by atomic mass is 10.0. The van der Waals surface area contributed by atoms with Crippen molar-refractivity contribution in [2.24, 2.45) is 4.99 Å². The Balaban J connectivity index is 2.14. The molecule has 0 saturated carbocycles. The first-order valence-electron chi connectivity index (χ1n) is 12.6. The number of hydrogen-bond acceptors (Lipinski definition) is 10. The number of nitrogens with one attached hydrogen (secondary N) is 1. The lowest BCUT2D eigenvalue weighted by molar-refractivity contribution is -0.151. The quantitative estimate of drug-likeness (QED) is 0.111. The van der Waals surface area contributed by atoms with E-state index in [1.165, 1.54) is 0 Å². The standard InChI is InChI=1S/C25H35N5O8S/c31-21(32)15-29-10-8-28(9-11-30(13-12-29)16-22(33)34)14-20(27-23(24(35)36)25(37)38)3-1-2-18-4-6-19(7-5-18)26-17-39/h4-7,20,23,27H,1-3,8-16H2,(H,31,32)(H,33,34)(H,35,36)(H,37,38). The number of isothiocyanates is 1. The molecule has 2 rings (SSSR count). The van der Waals surface area contributed by atoms with Crippen molar-refractivity contribution in [3.05, 3.63) is 29.8 Å². The Morgan fingerprint density at radius 1 is 0.846 bits per heavy atom. The molecule has 1 atom stereocenters. The molecule has 1 fully saturated rings. The van der Waals surface area contributed by atoms with Gasteiger partial charge in [-0.1, -0.05) is 12.1 Å². The lowest BCUT2D eigenvalue weighted by Gasteiger charge is -2.30. The maximum atomic E-state index is 11.6. The van der Waals surface area contributed by atoms with E-state index in [1.54, 1.807) is 9.80 Å². The first-order valence-corrected chi connectivity index (χ1v) is 13.0. The van der Waals surface area contributed by atoms with Crippen LogP contribution < -0.4 is 5.32 Å². The van der Waals surface area contributed by atoms with Crippen LogP contribution >= 0.6 is 12.2 Å². The van der Waals surface area contributed by atoms with Gasteiger partial charge in [0.05, 0.1) is 23.9 Å². The molecule has 1 saturated heterocycles. The number of carboxylic acid groups (broad SMARTS) is 4. The van der Waals surface area contributed by atoms with E-state index in [-0.39, 0.29) is 13.1 Å². The van der Waals surface area contributed by atoms with Crippen LogP contribution in [-0.4, -0.2) is 135 Å². The van der Waals surface area contributed by atoms with Crippen molar-refractivity contribution >= 4 is 46.9 Å². The fourth-order valence-corrected chi connectivity index (χ4v) is 4.54. The van der Waals surface area contributed by atoms with Crippen LogP contribution in [0.4, 0.5) is 5.69 Å². The molecule has 1 unspecified atom stereocenters. The second-order valence-electron chi connectivity index (χ2n) is 9.38. The summed E-state index contributed by atoms with van der Waals surface area (Å²) >= 11 is 4.61. The van der Waals surface area contributed by atoms with Gasteiger partial charge >= 0.3 is 23.9 Å². The van der Waals surface area contributed by atoms with E-state index in [9.17, 15) is 39.6 Å². The number of carbonyl (C=O) groups is 4. The molecule has 13 nitrogen and oxygen atoms in total. The van der Waals surface area contributed by atoms with Gasteiger partial charge in [0.1, 0.15) is 0 Å². The largest absolute Gasteiger partial charge is 0.480 e. The van der Waals surface area contributed by atoms with Crippen LogP contribution in [0.15, 0.2) is 29.3 Å². The summed E-state index contributed by atoms with van der Waals surface area (Å²) in [6.45, 7) is 2.46. The van der Waals surface area contributed by atoms with Gasteiger partial charge in [0.25, 0.3) is 0 Å². The molecule has 0 aliphatic carbocycles. The van der Waals surface area contributed by atoms with Gasteiger partial charge in [0.15, 0.2) is 0 Å². The number of aryl methyl sites for hydroxylation is 1. The fraction of sp³-hybridized carbons (Fsp3) is 0.560. The average Bonchev–Trinajstić information content (AvgIpc) is 2.94. The van der Waals surface area contributed by atoms with Crippen molar-refractivity contribution in [1.29, 1.82) is 0 Å². The van der Waals surface area contributed by atoms with E-state index >= 15 is 0 Å². The molecule has 14 heteroatoms. The monoisotopic (exact) mass is 565 g/mol. The zero-order valence-electron chi connectivity index (χ0n) is 21.6. The van der Waals surface area contributed by atoms with Crippen LogP contribution in [0, 0.1) is 0 Å². The minimum atomic E-state index is -1.79. The van der Waals surface area contributed by atoms with Crippen LogP contribution in [0.3, 0.4) is 0 Å². The summed E-state index contributed by atoms with van der Waals surface area (Å²) in [5.41, 5.74) is 1.71. The molecule has 0 spiro atoms. The highest BCUT2D eigenvalue weighted by Crippen LogP contribution is 2.15. The zero-order valence-corrected chi connectivity index (χ0v) is 22.4. The van der Waals surface area contributed by atoms with Gasteiger partial charge in [-0.15, -0.1) is 0 Å². The second-order valence-corrected chi connectivity index (χ2v) is 9.56. The molecule has 1 aliphatic heterocycles. The van der Waals surface area contributed by atoms with Crippen LogP contribution in [0.2, 0.25) is 0 Å². The molecular weight excluding hydrogens is 530 g/mol. The summed E-state index contributed by atoms with van der Waals surface area (Å²) in [4.78, 5) is 55.1. The van der Waals surface area contributed by atoms with E-state index in [2.05, 4.69) is 27.7 Å². The van der Waals surface area contributed by atoms with Gasteiger partial charge in [-0.05, 0) is 49.2 Å². The number of benzene rings is 1. The molecule has 5 N–H and O–H groups in total. The van der Waals surface area contributed by atoms with E-state index in [4.69, 9.17) is 0 Å². The Bertz CT molecular complexity index is 992. The van der Waals surface area contributed by atoms with Gasteiger partial charge in [0.2, 0.25) is 6.04 Å². The van der Waals surface area contributed by atoms with Crippen molar-refractivity contribution in [3.63, 3.8) is 0 Å². The summed E-state index contributed by atoms with van der Waals surface area (Å²) in [5, 5.41) is 42.4. The second kappa shape index (κ2) is 16.6. The molecule has 214 valence electrons. The molecule has 0 amide bonds. The predicted octanol–water partition coefficient (Wildman–Crippen LogP) is 0.328. The molecule has 1 aromatic rings. The summed E-state index contributed by atoms with van der Waals surface area (Å²) < 4.78 is 0. The minimum Gasteiger partial charge on any atom is -0.480 e. The molecule has 39 heavy (non-hydrogen) atoms. The highest BCUT2D eigenvalue weighted by molar-refractivity contribution is 7.78. The lowest BCUT2D eigenvalue weighted by Crippen LogP contribution is -2.53. The number of hydrogen-bond donors (Lipinski definition) is 5. The van der Waals surface area contributed by atoms with Gasteiger partial charge in [0, 0.05) is 51.9 Å². The van der Waals surface area contributed by atoms with Gasteiger partial charge < -0.3 is 20.4 Å². The van der Waals surface area contributed by atoms with Gasteiger partial charge in [-0.3, -0.25) is 29.6 Å². The SMILES string of the molecule is O=C(O)CN1CCN(CC(=O)O)CCN(CC(CCCc2ccc(N=C=S)cc2)NC(C(=O)O)C(=O)O)CC1. The molecule has 1 aromatic carbocycles. The van der Waals surface area contributed by atoms with Crippen molar-refractivity contribution < 1.29 is 39.6 Å². The highest BCUT2D eigenvalue weighted by atomic mass is 32.1. The highest BCUT2D eigenvalue weighted by Gasteiger charge is 2.29. The minimum absolute atomic E-state index is 0.189. The smallest absolute Gasteiger partial charge is 0.332 e.